The van der Waals surface area contributed by atoms with Crippen molar-refractivity contribution in [2.24, 2.45) is 28.6 Å². The van der Waals surface area contributed by atoms with Crippen molar-refractivity contribution in [2.45, 2.75) is 93.5 Å². The smallest absolute Gasteiger partial charge is 0.315 e. The van der Waals surface area contributed by atoms with Crippen LogP contribution in [0.4, 0.5) is 0 Å². The van der Waals surface area contributed by atoms with Gasteiger partial charge in [0.25, 0.3) is 0 Å². The number of hydrogen-bond donors (Lipinski definition) is 0. The quantitative estimate of drug-likeness (QED) is 0.289. The topological polar surface area (TPSA) is 117 Å². The molecule has 0 N–H and O–H groups in total. The van der Waals surface area contributed by atoms with Crippen LogP contribution < -0.4 is 0 Å². The summed E-state index contributed by atoms with van der Waals surface area (Å²) in [7, 11) is 9.50. The molecule has 13 atom stereocenters. The maximum atomic E-state index is 13.8. The van der Waals surface area contributed by atoms with Crippen LogP contribution in [0.5, 0.6) is 0 Å². The van der Waals surface area contributed by atoms with E-state index in [2.05, 4.69) is 6.58 Å². The molecular formula is C31H46O11. The number of methoxy groups -OCH3 is 6. The minimum Gasteiger partial charge on any atom is -0.469 e. The molecule has 4 bridgehead atoms. The maximum Gasteiger partial charge on any atom is 0.315 e. The molecule has 6 fully saturated rings. The molecule has 0 aromatic rings. The zero-order valence-corrected chi connectivity index (χ0v) is 25.8. The molecule has 2 aliphatic heterocycles. The highest BCUT2D eigenvalue weighted by Crippen LogP contribution is 2.79. The van der Waals surface area contributed by atoms with Gasteiger partial charge in [-0.25, -0.2) is 0 Å². The maximum absolute atomic E-state index is 13.8. The third-order valence-corrected chi connectivity index (χ3v) is 12.1. The van der Waals surface area contributed by atoms with Gasteiger partial charge in [0, 0.05) is 47.4 Å². The molecule has 1 spiro atoms. The number of hydrogen-bond acceptors (Lipinski definition) is 11. The van der Waals surface area contributed by atoms with E-state index in [1.807, 2.05) is 6.92 Å². The van der Waals surface area contributed by atoms with Crippen molar-refractivity contribution < 1.29 is 52.2 Å². The first-order valence-electron chi connectivity index (χ1n) is 15.0. The Balaban J connectivity index is 1.38. The molecule has 0 aromatic heterocycles. The van der Waals surface area contributed by atoms with Gasteiger partial charge in [-0.05, 0) is 56.4 Å². The lowest BCUT2D eigenvalue weighted by atomic mass is 9.59. The van der Waals surface area contributed by atoms with Gasteiger partial charge < -0.3 is 42.6 Å². The summed E-state index contributed by atoms with van der Waals surface area (Å²) in [5.41, 5.74) is -2.10. The Morgan fingerprint density at radius 2 is 1.69 bits per heavy atom. The molecule has 236 valence electrons. The molecule has 11 heteroatoms. The highest BCUT2D eigenvalue weighted by Gasteiger charge is 2.85. The van der Waals surface area contributed by atoms with Gasteiger partial charge in [0.2, 0.25) is 0 Å². The third-order valence-electron chi connectivity index (χ3n) is 12.1. The lowest BCUT2D eigenvalue weighted by Gasteiger charge is -2.50. The Hall–Kier alpha value is -1.60. The number of carbonyl (C=O) groups is 2. The van der Waals surface area contributed by atoms with Gasteiger partial charge >= 0.3 is 11.9 Å². The first kappa shape index (κ1) is 30.4. The van der Waals surface area contributed by atoms with Crippen LogP contribution in [-0.2, 0) is 52.2 Å². The Labute approximate surface area is 247 Å². The van der Waals surface area contributed by atoms with Crippen LogP contribution in [0.25, 0.3) is 0 Å². The average molecular weight is 595 g/mol. The van der Waals surface area contributed by atoms with Crippen LogP contribution in [0.15, 0.2) is 12.2 Å². The fourth-order valence-electron chi connectivity index (χ4n) is 10.6. The summed E-state index contributed by atoms with van der Waals surface area (Å²) in [6.45, 7) is 6.74. The van der Waals surface area contributed by atoms with Crippen LogP contribution in [0.3, 0.4) is 0 Å². The number of rotatable bonds is 9. The van der Waals surface area contributed by atoms with E-state index in [1.165, 1.54) is 7.11 Å². The van der Waals surface area contributed by atoms with Crippen molar-refractivity contribution in [1.29, 1.82) is 0 Å². The Morgan fingerprint density at radius 3 is 2.31 bits per heavy atom. The van der Waals surface area contributed by atoms with E-state index in [9.17, 15) is 9.59 Å². The van der Waals surface area contributed by atoms with E-state index >= 15 is 0 Å². The fraction of sp³-hybridized carbons (Fsp3) is 0.871. The normalized spacial score (nSPS) is 50.8. The first-order chi connectivity index (χ1) is 20.1. The van der Waals surface area contributed by atoms with Gasteiger partial charge in [-0.2, -0.15) is 0 Å². The van der Waals surface area contributed by atoms with Gasteiger partial charge in [-0.15, -0.1) is 0 Å². The van der Waals surface area contributed by atoms with E-state index in [1.54, 1.807) is 35.5 Å². The standard InChI is InChI=1S/C31H46O11/c1-16-13-29-15-30(16,41-26-23(38-7)22(37-6)21(36-5)17(40-26)14-34-3)11-9-18(29)31-12-10-19(35-4)28(2,27(33)42-31)24(31)20(29)25(32)39-8/h17-24,26H,1,9-15H2,2-8H3/t17-,18-,19-,20-,21-,22+,23-,24-,26+,28?,29+,30+,31-/m1/s1. The summed E-state index contributed by atoms with van der Waals surface area (Å²) in [4.78, 5) is 27.4. The van der Waals surface area contributed by atoms with E-state index in [0.29, 0.717) is 38.5 Å². The van der Waals surface area contributed by atoms with Crippen molar-refractivity contribution in [3.05, 3.63) is 12.2 Å². The lowest BCUT2D eigenvalue weighted by Crippen LogP contribution is -2.63. The highest BCUT2D eigenvalue weighted by atomic mass is 16.7. The largest absolute Gasteiger partial charge is 0.469 e. The van der Waals surface area contributed by atoms with Crippen LogP contribution >= 0.6 is 0 Å². The summed E-state index contributed by atoms with van der Waals surface area (Å²) >= 11 is 0. The monoisotopic (exact) mass is 594 g/mol. The van der Waals surface area contributed by atoms with E-state index in [0.717, 1.165) is 5.57 Å². The molecule has 4 saturated carbocycles. The van der Waals surface area contributed by atoms with Gasteiger partial charge in [0.1, 0.15) is 30.0 Å². The molecule has 42 heavy (non-hydrogen) atoms. The van der Waals surface area contributed by atoms with Crippen molar-refractivity contribution >= 4 is 11.9 Å². The second-order valence-corrected chi connectivity index (χ2v) is 13.4. The SMILES string of the molecule is C=C1C[C@]23C[C@@]1(O[C@@H]1O[C@H](COC)[C@@H](OC)[C@H](OC)[C@H]1OC)CC[C@H]2[C@@]12CC[C@@H](OC)C(C)(C(=O)O1)[C@H]2[C@@H]3C(=O)OC. The first-order valence-corrected chi connectivity index (χ1v) is 15.0. The highest BCUT2D eigenvalue weighted by molar-refractivity contribution is 5.86. The molecule has 4 aliphatic carbocycles. The molecule has 2 heterocycles. The van der Waals surface area contributed by atoms with Crippen molar-refractivity contribution in [2.75, 3.05) is 49.3 Å². The van der Waals surface area contributed by atoms with E-state index in [4.69, 9.17) is 42.6 Å². The van der Waals surface area contributed by atoms with Crippen molar-refractivity contribution in [1.82, 2.24) is 0 Å². The second kappa shape index (κ2) is 10.5. The second-order valence-electron chi connectivity index (χ2n) is 13.4. The summed E-state index contributed by atoms with van der Waals surface area (Å²) < 4.78 is 54.2. The summed E-state index contributed by atoms with van der Waals surface area (Å²) in [5.74, 6) is -1.55. The number of carbonyl (C=O) groups excluding carboxylic acids is 2. The van der Waals surface area contributed by atoms with Crippen LogP contribution in [-0.4, -0.2) is 109 Å². The van der Waals surface area contributed by atoms with Crippen LogP contribution in [0, 0.1) is 28.6 Å². The summed E-state index contributed by atoms with van der Waals surface area (Å²) in [6.07, 6.45) is 0.783. The lowest BCUT2D eigenvalue weighted by molar-refractivity contribution is -0.335. The third kappa shape index (κ3) is 3.71. The number of fused-ring (bicyclic) bond motifs is 1. The Kier molecular flexibility index (Phi) is 7.60. The number of ether oxygens (including phenoxy) is 9. The minimum absolute atomic E-state index is 0.0324. The zero-order valence-electron chi connectivity index (χ0n) is 25.8. The van der Waals surface area contributed by atoms with Crippen molar-refractivity contribution in [3.8, 4) is 0 Å². The molecule has 6 aliphatic rings. The molecule has 6 rings (SSSR count). The van der Waals surface area contributed by atoms with Gasteiger partial charge in [-0.3, -0.25) is 9.59 Å². The average Bonchev–Trinajstić information content (AvgIpc) is 3.40. The zero-order chi connectivity index (χ0) is 30.2. The predicted octanol–water partition coefficient (Wildman–Crippen LogP) is 2.43. The van der Waals surface area contributed by atoms with Gasteiger partial charge in [0.15, 0.2) is 6.29 Å². The van der Waals surface area contributed by atoms with Crippen LogP contribution in [0.1, 0.15) is 45.4 Å². The summed E-state index contributed by atoms with van der Waals surface area (Å²) in [5, 5.41) is 0. The molecule has 11 nitrogen and oxygen atoms in total. The molecule has 0 radical (unpaired) electrons. The molecule has 2 saturated heterocycles. The van der Waals surface area contributed by atoms with E-state index < -0.39 is 58.7 Å². The molecule has 1 unspecified atom stereocenters. The van der Waals surface area contributed by atoms with Gasteiger partial charge in [0.05, 0.1) is 36.8 Å². The van der Waals surface area contributed by atoms with E-state index in [-0.39, 0.29) is 36.5 Å². The molecule has 0 amide bonds. The predicted molar refractivity (Wildman–Crippen MR) is 146 cm³/mol. The van der Waals surface area contributed by atoms with Crippen molar-refractivity contribution in [3.63, 3.8) is 0 Å². The number of esters is 2. The van der Waals surface area contributed by atoms with Gasteiger partial charge in [-0.1, -0.05) is 6.58 Å². The Morgan fingerprint density at radius 1 is 0.976 bits per heavy atom. The summed E-state index contributed by atoms with van der Waals surface area (Å²) in [6, 6.07) is 0. The molecular weight excluding hydrogens is 548 g/mol. The minimum atomic E-state index is -0.951. The van der Waals surface area contributed by atoms with Crippen LogP contribution in [0.2, 0.25) is 0 Å². The Bertz CT molecular complexity index is 1110. The molecule has 0 aromatic carbocycles. The fourth-order valence-corrected chi connectivity index (χ4v) is 10.6.